The normalized spacial score (nSPS) is 10.7. The van der Waals surface area contributed by atoms with Crippen LogP contribution in [0.3, 0.4) is 0 Å². The maximum absolute atomic E-state index is 13.5. The van der Waals surface area contributed by atoms with Gasteiger partial charge in [-0.05, 0) is 18.2 Å². The van der Waals surface area contributed by atoms with Gasteiger partial charge >= 0.3 is 0 Å². The number of hydrogen-bond acceptors (Lipinski definition) is 4. The molecule has 8 heteroatoms. The number of pyridine rings is 1. The smallest absolute Gasteiger partial charge is 0.259 e. The topological polar surface area (TPSA) is 83.6 Å². The van der Waals surface area contributed by atoms with E-state index in [4.69, 9.17) is 0 Å². The molecule has 2 heterocycles. The lowest BCUT2D eigenvalue weighted by Gasteiger charge is -2.04. The number of fused-ring (bicyclic) bond motifs is 1. The van der Waals surface area contributed by atoms with E-state index in [1.54, 1.807) is 0 Å². The highest BCUT2D eigenvalue weighted by molar-refractivity contribution is 6.04. The number of halogens is 2. The van der Waals surface area contributed by atoms with Crippen LogP contribution in [0.15, 0.2) is 30.7 Å². The van der Waals surface area contributed by atoms with Gasteiger partial charge in [0, 0.05) is 11.6 Å². The minimum Gasteiger partial charge on any atom is -0.291 e. The predicted octanol–water partition coefficient (Wildman–Crippen LogP) is 1.88. The zero-order chi connectivity index (χ0) is 14.1. The van der Waals surface area contributed by atoms with Gasteiger partial charge in [0.15, 0.2) is 11.6 Å². The summed E-state index contributed by atoms with van der Waals surface area (Å²) in [5.41, 5.74) is 0.0705. The molecule has 0 fully saturated rings. The van der Waals surface area contributed by atoms with E-state index >= 15 is 0 Å². The molecular formula is C12H7F2N5O. The number of rotatable bonds is 2. The number of aromatic nitrogens is 4. The van der Waals surface area contributed by atoms with Crippen molar-refractivity contribution in [1.82, 2.24) is 20.2 Å². The van der Waals surface area contributed by atoms with Gasteiger partial charge in [0.2, 0.25) is 5.95 Å². The van der Waals surface area contributed by atoms with Gasteiger partial charge in [-0.1, -0.05) is 0 Å². The standard InChI is InChI=1S/C12H7F2N5O/c13-8-2-1-6-3-7(4-15-10(6)9(8)14)11(20)18-12-16-5-17-19-12/h1-5H,(H2,16,17,18,19,20). The third-order valence-corrected chi connectivity index (χ3v) is 2.65. The largest absolute Gasteiger partial charge is 0.291 e. The fourth-order valence-corrected chi connectivity index (χ4v) is 1.71. The first-order valence-electron chi connectivity index (χ1n) is 5.55. The molecule has 0 spiro atoms. The van der Waals surface area contributed by atoms with Gasteiger partial charge in [0.05, 0.1) is 5.56 Å². The molecule has 2 N–H and O–H groups in total. The summed E-state index contributed by atoms with van der Waals surface area (Å²) < 4.78 is 26.5. The molecule has 100 valence electrons. The summed E-state index contributed by atoms with van der Waals surface area (Å²) in [6, 6.07) is 3.75. The van der Waals surface area contributed by atoms with Crippen molar-refractivity contribution in [3.05, 3.63) is 47.9 Å². The van der Waals surface area contributed by atoms with Crippen LogP contribution < -0.4 is 5.32 Å². The van der Waals surface area contributed by atoms with Crippen LogP contribution >= 0.6 is 0 Å². The number of carbonyl (C=O) groups excluding carboxylic acids is 1. The van der Waals surface area contributed by atoms with E-state index in [0.717, 1.165) is 12.3 Å². The molecular weight excluding hydrogens is 268 g/mol. The van der Waals surface area contributed by atoms with Gasteiger partial charge in [0.25, 0.3) is 5.91 Å². The Labute approximate surface area is 110 Å². The highest BCUT2D eigenvalue weighted by Gasteiger charge is 2.12. The molecule has 1 aromatic carbocycles. The second-order valence-electron chi connectivity index (χ2n) is 3.95. The minimum atomic E-state index is -1.04. The Hall–Kier alpha value is -2.90. The van der Waals surface area contributed by atoms with Crippen molar-refractivity contribution in [1.29, 1.82) is 0 Å². The molecule has 1 amide bonds. The van der Waals surface area contributed by atoms with Gasteiger partial charge in [-0.3, -0.25) is 15.1 Å². The number of nitrogens with one attached hydrogen (secondary N) is 2. The second-order valence-corrected chi connectivity index (χ2v) is 3.95. The lowest BCUT2D eigenvalue weighted by molar-refractivity contribution is 0.102. The van der Waals surface area contributed by atoms with Crippen molar-refractivity contribution in [3.8, 4) is 0 Å². The molecule has 0 saturated carbocycles. The summed E-state index contributed by atoms with van der Waals surface area (Å²) in [5.74, 6) is -2.32. The highest BCUT2D eigenvalue weighted by atomic mass is 19.2. The molecule has 0 atom stereocenters. The van der Waals surface area contributed by atoms with Crippen LogP contribution in [0.4, 0.5) is 14.7 Å². The van der Waals surface area contributed by atoms with Gasteiger partial charge in [-0.15, -0.1) is 0 Å². The van der Waals surface area contributed by atoms with E-state index in [2.05, 4.69) is 25.5 Å². The number of nitrogens with zero attached hydrogens (tertiary/aromatic N) is 3. The zero-order valence-electron chi connectivity index (χ0n) is 9.89. The van der Waals surface area contributed by atoms with E-state index in [0.29, 0.717) is 5.39 Å². The number of hydrogen-bond donors (Lipinski definition) is 2. The highest BCUT2D eigenvalue weighted by Crippen LogP contribution is 2.19. The Morgan fingerprint density at radius 3 is 2.85 bits per heavy atom. The van der Waals surface area contributed by atoms with E-state index < -0.39 is 17.5 Å². The Kier molecular flexibility index (Phi) is 2.82. The van der Waals surface area contributed by atoms with Gasteiger partial charge in [-0.2, -0.15) is 10.1 Å². The van der Waals surface area contributed by atoms with Crippen LogP contribution in [0.1, 0.15) is 10.4 Å². The molecule has 0 bridgehead atoms. The molecule has 0 aliphatic carbocycles. The molecule has 3 rings (SSSR count). The molecule has 3 aromatic rings. The number of aromatic amines is 1. The monoisotopic (exact) mass is 275 g/mol. The molecule has 0 aliphatic heterocycles. The number of anilines is 1. The SMILES string of the molecule is O=C(Nc1ncn[nH]1)c1cnc2c(F)c(F)ccc2c1. The summed E-state index contributed by atoms with van der Waals surface area (Å²) in [6.45, 7) is 0. The van der Waals surface area contributed by atoms with Crippen LogP contribution in [0.5, 0.6) is 0 Å². The summed E-state index contributed by atoms with van der Waals surface area (Å²) in [5, 5.41) is 8.83. The molecule has 0 radical (unpaired) electrons. The molecule has 0 saturated heterocycles. The van der Waals surface area contributed by atoms with Crippen molar-refractivity contribution in [2.75, 3.05) is 5.32 Å². The number of H-pyrrole nitrogens is 1. The van der Waals surface area contributed by atoms with Crippen LogP contribution in [0.25, 0.3) is 10.9 Å². The average molecular weight is 275 g/mol. The first kappa shape index (κ1) is 12.2. The van der Waals surface area contributed by atoms with E-state index in [1.165, 1.54) is 18.5 Å². The van der Waals surface area contributed by atoms with Crippen molar-refractivity contribution in [2.24, 2.45) is 0 Å². The van der Waals surface area contributed by atoms with Gasteiger partial charge in [0.1, 0.15) is 11.8 Å². The third kappa shape index (κ3) is 2.07. The Morgan fingerprint density at radius 1 is 1.25 bits per heavy atom. The predicted molar refractivity (Wildman–Crippen MR) is 66.0 cm³/mol. The lowest BCUT2D eigenvalue weighted by Crippen LogP contribution is -2.13. The van der Waals surface area contributed by atoms with Crippen LogP contribution in [-0.4, -0.2) is 26.1 Å². The maximum Gasteiger partial charge on any atom is 0.259 e. The van der Waals surface area contributed by atoms with E-state index in [-0.39, 0.29) is 17.0 Å². The van der Waals surface area contributed by atoms with E-state index in [9.17, 15) is 13.6 Å². The zero-order valence-corrected chi connectivity index (χ0v) is 9.89. The number of carbonyl (C=O) groups is 1. The Bertz CT molecular complexity index is 788. The fourth-order valence-electron chi connectivity index (χ4n) is 1.71. The summed E-state index contributed by atoms with van der Waals surface area (Å²) in [6.07, 6.45) is 2.41. The number of benzene rings is 1. The van der Waals surface area contributed by atoms with Gasteiger partial charge in [-0.25, -0.2) is 13.9 Å². The van der Waals surface area contributed by atoms with Crippen molar-refractivity contribution in [2.45, 2.75) is 0 Å². The van der Waals surface area contributed by atoms with Crippen LogP contribution in [-0.2, 0) is 0 Å². The van der Waals surface area contributed by atoms with Crippen LogP contribution in [0, 0.1) is 11.6 Å². The second kappa shape index (κ2) is 4.65. The summed E-state index contributed by atoms with van der Waals surface area (Å²) in [4.78, 5) is 19.4. The Morgan fingerprint density at radius 2 is 2.10 bits per heavy atom. The third-order valence-electron chi connectivity index (χ3n) is 2.65. The van der Waals surface area contributed by atoms with Crippen molar-refractivity contribution >= 4 is 22.8 Å². The summed E-state index contributed by atoms with van der Waals surface area (Å²) in [7, 11) is 0. The lowest BCUT2D eigenvalue weighted by atomic mass is 10.1. The first-order valence-corrected chi connectivity index (χ1v) is 5.55. The van der Waals surface area contributed by atoms with Crippen molar-refractivity contribution < 1.29 is 13.6 Å². The molecule has 20 heavy (non-hydrogen) atoms. The van der Waals surface area contributed by atoms with E-state index in [1.807, 2.05) is 0 Å². The average Bonchev–Trinajstić information content (AvgIpc) is 2.95. The molecule has 0 aliphatic rings. The summed E-state index contributed by atoms with van der Waals surface area (Å²) >= 11 is 0. The fraction of sp³-hybridized carbons (Fsp3) is 0. The van der Waals surface area contributed by atoms with Crippen LogP contribution in [0.2, 0.25) is 0 Å². The molecule has 6 nitrogen and oxygen atoms in total. The quantitative estimate of drug-likeness (QED) is 0.748. The maximum atomic E-state index is 13.5. The van der Waals surface area contributed by atoms with Gasteiger partial charge < -0.3 is 0 Å². The molecule has 0 unspecified atom stereocenters. The van der Waals surface area contributed by atoms with Crippen molar-refractivity contribution in [3.63, 3.8) is 0 Å². The number of amides is 1. The Balaban J connectivity index is 1.97. The minimum absolute atomic E-state index is 0.124. The molecule has 2 aromatic heterocycles. The first-order chi connectivity index (χ1) is 9.65.